The fourth-order valence-electron chi connectivity index (χ4n) is 3.47. The van der Waals surface area contributed by atoms with Gasteiger partial charge in [-0.25, -0.2) is 17.6 Å². The number of carbonyl (C=O) groups is 1. The standard InChI is InChI=1S/C22H19FN2O6S/c1-24-9-2-3-13-11-14(23)4-7-19(13)32(28,29)25-17-6-5-16-15-8-10-30-18(15)12-31-21(16)20(17)22(26)27/h2-8,10-11,24-25H,9,12H2,1H3,(H,26,27). The first-order valence-corrected chi connectivity index (χ1v) is 11.0. The van der Waals surface area contributed by atoms with Crippen LogP contribution < -0.4 is 14.8 Å². The van der Waals surface area contributed by atoms with Crippen LogP contribution in [0.4, 0.5) is 10.1 Å². The molecule has 0 bridgehead atoms. The number of hydrogen-bond acceptors (Lipinski definition) is 6. The predicted molar refractivity (Wildman–Crippen MR) is 116 cm³/mol. The molecule has 10 heteroatoms. The molecule has 3 N–H and O–H groups in total. The van der Waals surface area contributed by atoms with Gasteiger partial charge in [-0.2, -0.15) is 0 Å². The zero-order valence-corrected chi connectivity index (χ0v) is 17.7. The molecule has 3 aromatic rings. The number of fused-ring (bicyclic) bond motifs is 3. The molecule has 1 aliphatic rings. The molecule has 0 aliphatic carbocycles. The quantitative estimate of drug-likeness (QED) is 0.494. The number of nitrogens with one attached hydrogen (secondary N) is 2. The van der Waals surface area contributed by atoms with Gasteiger partial charge in [-0.3, -0.25) is 4.72 Å². The minimum absolute atomic E-state index is 0.0180. The first-order chi connectivity index (χ1) is 15.3. The van der Waals surface area contributed by atoms with Crippen molar-refractivity contribution >= 4 is 27.8 Å². The molecule has 0 fully saturated rings. The van der Waals surface area contributed by atoms with E-state index in [0.29, 0.717) is 23.4 Å². The summed E-state index contributed by atoms with van der Waals surface area (Å²) in [5.41, 5.74) is 0.795. The van der Waals surface area contributed by atoms with E-state index >= 15 is 0 Å². The minimum Gasteiger partial charge on any atom is -0.484 e. The van der Waals surface area contributed by atoms with E-state index in [1.165, 1.54) is 18.4 Å². The van der Waals surface area contributed by atoms with Crippen molar-refractivity contribution in [1.82, 2.24) is 5.32 Å². The highest BCUT2D eigenvalue weighted by Crippen LogP contribution is 2.43. The van der Waals surface area contributed by atoms with Crippen molar-refractivity contribution in [3.63, 3.8) is 0 Å². The Balaban J connectivity index is 1.78. The lowest BCUT2D eigenvalue weighted by molar-refractivity contribution is 0.0692. The third-order valence-electron chi connectivity index (χ3n) is 4.88. The van der Waals surface area contributed by atoms with Gasteiger partial charge in [0.25, 0.3) is 10.0 Å². The lowest BCUT2D eigenvalue weighted by Gasteiger charge is -2.21. The molecule has 2 aromatic carbocycles. The minimum atomic E-state index is -4.26. The molecule has 0 saturated carbocycles. The summed E-state index contributed by atoms with van der Waals surface area (Å²) in [6.45, 7) is 0.467. The Kier molecular flexibility index (Phi) is 5.72. The van der Waals surface area contributed by atoms with Crippen LogP contribution in [-0.4, -0.2) is 33.1 Å². The maximum Gasteiger partial charge on any atom is 0.341 e. The van der Waals surface area contributed by atoms with Gasteiger partial charge in [0, 0.05) is 17.7 Å². The van der Waals surface area contributed by atoms with Crippen LogP contribution >= 0.6 is 0 Å². The van der Waals surface area contributed by atoms with Gasteiger partial charge in [-0.1, -0.05) is 12.2 Å². The largest absolute Gasteiger partial charge is 0.484 e. The van der Waals surface area contributed by atoms with Crippen molar-refractivity contribution in [2.45, 2.75) is 11.5 Å². The topological polar surface area (TPSA) is 118 Å². The van der Waals surface area contributed by atoms with E-state index in [9.17, 15) is 22.7 Å². The zero-order chi connectivity index (χ0) is 22.9. The van der Waals surface area contributed by atoms with Gasteiger partial charge in [0.05, 0.1) is 16.8 Å². The molecular formula is C22H19FN2O6S. The fourth-order valence-corrected chi connectivity index (χ4v) is 4.72. The Morgan fingerprint density at radius 1 is 1.22 bits per heavy atom. The summed E-state index contributed by atoms with van der Waals surface area (Å²) in [7, 11) is -2.54. The van der Waals surface area contributed by atoms with Gasteiger partial charge < -0.3 is 19.6 Å². The van der Waals surface area contributed by atoms with Crippen molar-refractivity contribution < 1.29 is 31.9 Å². The second-order valence-corrected chi connectivity index (χ2v) is 8.61. The van der Waals surface area contributed by atoms with Crippen LogP contribution in [-0.2, 0) is 16.6 Å². The maximum atomic E-state index is 13.8. The molecule has 0 unspecified atom stereocenters. The smallest absolute Gasteiger partial charge is 0.341 e. The predicted octanol–water partition coefficient (Wildman–Crippen LogP) is 3.71. The Labute approximate surface area is 183 Å². The normalized spacial score (nSPS) is 12.8. The Morgan fingerprint density at radius 2 is 2.03 bits per heavy atom. The van der Waals surface area contributed by atoms with Crippen LogP contribution in [0.5, 0.6) is 5.75 Å². The number of hydrogen-bond donors (Lipinski definition) is 3. The molecule has 0 spiro atoms. The first-order valence-electron chi connectivity index (χ1n) is 9.55. The van der Waals surface area contributed by atoms with Gasteiger partial charge in [-0.05, 0) is 49.0 Å². The number of halogens is 1. The number of aromatic carboxylic acids is 1. The molecule has 8 nitrogen and oxygen atoms in total. The number of sulfonamides is 1. The van der Waals surface area contributed by atoms with Crippen LogP contribution in [0.25, 0.3) is 17.2 Å². The molecule has 0 radical (unpaired) electrons. The average Bonchev–Trinajstić information content (AvgIpc) is 3.22. The summed E-state index contributed by atoms with van der Waals surface area (Å²) >= 11 is 0. The molecule has 1 aromatic heterocycles. The van der Waals surface area contributed by atoms with Gasteiger partial charge in [0.1, 0.15) is 29.5 Å². The molecule has 0 atom stereocenters. The number of carboxylic acid groups (broad SMARTS) is 1. The van der Waals surface area contributed by atoms with Crippen LogP contribution in [0, 0.1) is 5.82 Å². The van der Waals surface area contributed by atoms with E-state index in [1.54, 1.807) is 25.3 Å². The third-order valence-corrected chi connectivity index (χ3v) is 6.32. The molecular weight excluding hydrogens is 439 g/mol. The SMILES string of the molecule is CNCC=Cc1cc(F)ccc1S(=O)(=O)Nc1ccc2c(c1C(=O)O)OCc1occc1-2. The molecule has 0 saturated heterocycles. The maximum absolute atomic E-state index is 13.8. The monoisotopic (exact) mass is 458 g/mol. The van der Waals surface area contributed by atoms with Crippen molar-refractivity contribution in [1.29, 1.82) is 0 Å². The van der Waals surface area contributed by atoms with Gasteiger partial charge in [0.2, 0.25) is 0 Å². The van der Waals surface area contributed by atoms with E-state index in [2.05, 4.69) is 10.0 Å². The Morgan fingerprint density at radius 3 is 2.78 bits per heavy atom. The van der Waals surface area contributed by atoms with Crippen molar-refractivity contribution in [3.05, 3.63) is 71.4 Å². The number of carboxylic acids is 1. The lowest BCUT2D eigenvalue weighted by atomic mass is 9.98. The Bertz CT molecular complexity index is 1330. The molecule has 2 heterocycles. The average molecular weight is 458 g/mol. The number of likely N-dealkylation sites (N-methyl/N-ethyl adjacent to an activating group) is 1. The lowest BCUT2D eigenvalue weighted by Crippen LogP contribution is -2.18. The number of rotatable bonds is 7. The molecule has 32 heavy (non-hydrogen) atoms. The van der Waals surface area contributed by atoms with E-state index in [1.807, 2.05) is 0 Å². The molecule has 1 aliphatic heterocycles. The summed E-state index contributed by atoms with van der Waals surface area (Å²) in [6.07, 6.45) is 4.59. The highest BCUT2D eigenvalue weighted by atomic mass is 32.2. The third kappa shape index (κ3) is 3.97. The summed E-state index contributed by atoms with van der Waals surface area (Å²) in [6, 6.07) is 7.85. The molecule has 4 rings (SSSR count). The number of ether oxygens (including phenoxy) is 1. The second kappa shape index (κ2) is 8.48. The van der Waals surface area contributed by atoms with Gasteiger partial charge in [0.15, 0.2) is 0 Å². The fraction of sp³-hybridized carbons (Fsp3) is 0.136. The number of furan rings is 1. The van der Waals surface area contributed by atoms with Crippen LogP contribution in [0.2, 0.25) is 0 Å². The number of benzene rings is 2. The molecule has 0 amide bonds. The highest BCUT2D eigenvalue weighted by Gasteiger charge is 2.29. The van der Waals surface area contributed by atoms with Crippen LogP contribution in [0.15, 0.2) is 58.1 Å². The van der Waals surface area contributed by atoms with Gasteiger partial charge in [-0.15, -0.1) is 0 Å². The summed E-state index contributed by atoms with van der Waals surface area (Å²) in [5, 5.41) is 12.7. The van der Waals surface area contributed by atoms with E-state index in [0.717, 1.165) is 18.2 Å². The summed E-state index contributed by atoms with van der Waals surface area (Å²) in [4.78, 5) is 11.9. The summed E-state index contributed by atoms with van der Waals surface area (Å²) in [5.74, 6) is -1.37. The van der Waals surface area contributed by atoms with Crippen molar-refractivity contribution in [2.24, 2.45) is 0 Å². The van der Waals surface area contributed by atoms with Crippen molar-refractivity contribution in [3.8, 4) is 16.9 Å². The van der Waals surface area contributed by atoms with Crippen LogP contribution in [0.1, 0.15) is 21.7 Å². The van der Waals surface area contributed by atoms with Crippen LogP contribution in [0.3, 0.4) is 0 Å². The Hall–Kier alpha value is -3.63. The summed E-state index contributed by atoms with van der Waals surface area (Å²) < 4.78 is 53.3. The van der Waals surface area contributed by atoms with Crippen molar-refractivity contribution in [2.75, 3.05) is 18.3 Å². The molecule has 166 valence electrons. The van der Waals surface area contributed by atoms with E-state index in [-0.39, 0.29) is 34.1 Å². The first kappa shape index (κ1) is 21.6. The van der Waals surface area contributed by atoms with E-state index < -0.39 is 21.8 Å². The number of anilines is 1. The highest BCUT2D eigenvalue weighted by molar-refractivity contribution is 7.92. The second-order valence-electron chi connectivity index (χ2n) is 6.96. The van der Waals surface area contributed by atoms with E-state index in [4.69, 9.17) is 9.15 Å². The zero-order valence-electron chi connectivity index (χ0n) is 16.9. The van der Waals surface area contributed by atoms with Gasteiger partial charge >= 0.3 is 5.97 Å².